The van der Waals surface area contributed by atoms with Crippen molar-refractivity contribution in [1.29, 1.82) is 0 Å². The van der Waals surface area contributed by atoms with Crippen LogP contribution in [0.1, 0.15) is 11.7 Å². The van der Waals surface area contributed by atoms with Gasteiger partial charge in [-0.05, 0) is 24.3 Å². The Hall–Kier alpha value is -3.75. The predicted octanol–water partition coefficient (Wildman–Crippen LogP) is 1.20. The van der Waals surface area contributed by atoms with Gasteiger partial charge in [-0.3, -0.25) is 14.7 Å². The number of rotatable bonds is 5. The van der Waals surface area contributed by atoms with Crippen LogP contribution in [-0.4, -0.2) is 35.1 Å². The van der Waals surface area contributed by atoms with Crippen LogP contribution < -0.4 is 26.3 Å². The Bertz CT molecular complexity index is 1060. The van der Waals surface area contributed by atoms with Gasteiger partial charge in [0, 0.05) is 5.56 Å². The van der Waals surface area contributed by atoms with Crippen molar-refractivity contribution in [3.05, 3.63) is 48.0 Å². The van der Waals surface area contributed by atoms with Crippen molar-refractivity contribution < 1.29 is 14.3 Å². The monoisotopic (exact) mass is 366 g/mol. The summed E-state index contributed by atoms with van der Waals surface area (Å²) < 4.78 is 12.7. The summed E-state index contributed by atoms with van der Waals surface area (Å²) in [6.07, 6.45) is -0.423. The fraction of sp³-hybridized carbons (Fsp3) is 0.167. The molecule has 0 bridgehead atoms. The normalized spacial score (nSPS) is 15.6. The molecule has 5 N–H and O–H groups in total. The number of nitrogens with one attached hydrogen (secondary N) is 1. The second-order valence-corrected chi connectivity index (χ2v) is 5.97. The van der Waals surface area contributed by atoms with Gasteiger partial charge in [-0.15, -0.1) is 0 Å². The first kappa shape index (κ1) is 16.7. The number of carbonyl (C=O) groups is 1. The molecule has 0 saturated carbocycles. The van der Waals surface area contributed by atoms with Crippen LogP contribution in [0.2, 0.25) is 0 Å². The van der Waals surface area contributed by atoms with Gasteiger partial charge in [-0.2, -0.15) is 0 Å². The zero-order chi connectivity index (χ0) is 19.0. The number of hydrogen-bond donors (Lipinski definition) is 3. The molecule has 4 rings (SSSR count). The van der Waals surface area contributed by atoms with E-state index in [0.29, 0.717) is 17.4 Å². The average Bonchev–Trinajstić information content (AvgIpc) is 3.03. The van der Waals surface area contributed by atoms with E-state index >= 15 is 0 Å². The molecule has 1 atom stereocenters. The highest BCUT2D eigenvalue weighted by atomic mass is 16.5. The Balaban J connectivity index is 1.79. The zero-order valence-corrected chi connectivity index (χ0v) is 14.5. The van der Waals surface area contributed by atoms with Crippen molar-refractivity contribution in [2.75, 3.05) is 19.0 Å². The van der Waals surface area contributed by atoms with E-state index in [4.69, 9.17) is 20.9 Å². The van der Waals surface area contributed by atoms with Crippen molar-refractivity contribution >= 4 is 28.8 Å². The lowest BCUT2D eigenvalue weighted by Gasteiger charge is -2.24. The van der Waals surface area contributed by atoms with Gasteiger partial charge in [0.25, 0.3) is 5.91 Å². The number of amides is 1. The Labute approximate surface area is 154 Å². The van der Waals surface area contributed by atoms with Crippen LogP contribution in [0.4, 0.5) is 5.95 Å². The summed E-state index contributed by atoms with van der Waals surface area (Å²) >= 11 is 0. The average molecular weight is 366 g/mol. The smallest absolute Gasteiger partial charge is 0.255 e. The lowest BCUT2D eigenvalue weighted by molar-refractivity contribution is -0.119. The molecule has 9 heteroatoms. The van der Waals surface area contributed by atoms with Crippen LogP contribution in [0.25, 0.3) is 11.0 Å². The highest BCUT2D eigenvalue weighted by Gasteiger charge is 2.25. The van der Waals surface area contributed by atoms with Crippen LogP contribution >= 0.6 is 0 Å². The van der Waals surface area contributed by atoms with Crippen LogP contribution in [0.15, 0.2) is 47.5 Å². The molecule has 138 valence electrons. The molecule has 2 heterocycles. The first-order chi connectivity index (χ1) is 13.1. The van der Waals surface area contributed by atoms with E-state index in [1.54, 1.807) is 12.1 Å². The number of para-hydroxylation sites is 2. The topological polar surface area (TPSA) is 130 Å². The maximum atomic E-state index is 11.0. The molecule has 27 heavy (non-hydrogen) atoms. The van der Waals surface area contributed by atoms with Gasteiger partial charge in [0.05, 0.1) is 18.1 Å². The zero-order valence-electron chi connectivity index (χ0n) is 14.5. The van der Waals surface area contributed by atoms with E-state index in [0.717, 1.165) is 16.6 Å². The number of benzene rings is 2. The van der Waals surface area contributed by atoms with Gasteiger partial charge in [0.15, 0.2) is 30.2 Å². The Morgan fingerprint density at radius 2 is 2.07 bits per heavy atom. The van der Waals surface area contributed by atoms with Crippen molar-refractivity contribution in [1.82, 2.24) is 9.55 Å². The molecule has 2 aromatic carbocycles. The molecule has 1 aromatic heterocycles. The summed E-state index contributed by atoms with van der Waals surface area (Å²) in [5.74, 6) is 1.21. The molecular formula is C18H18N6O3. The number of carbonyl (C=O) groups excluding carboxylic acids is 1. The van der Waals surface area contributed by atoms with E-state index in [2.05, 4.69) is 15.3 Å². The van der Waals surface area contributed by atoms with Crippen molar-refractivity contribution in [3.63, 3.8) is 0 Å². The highest BCUT2D eigenvalue weighted by Crippen LogP contribution is 2.36. The summed E-state index contributed by atoms with van der Waals surface area (Å²) in [5, 5.41) is 2.99. The Morgan fingerprint density at radius 3 is 2.85 bits per heavy atom. The molecule has 1 amide bonds. The van der Waals surface area contributed by atoms with Gasteiger partial charge >= 0.3 is 0 Å². The number of hydrogen-bond acceptors (Lipinski definition) is 7. The number of imidazole rings is 1. The van der Waals surface area contributed by atoms with Crippen LogP contribution in [-0.2, 0) is 4.79 Å². The highest BCUT2D eigenvalue weighted by molar-refractivity contribution is 5.94. The second-order valence-electron chi connectivity index (χ2n) is 5.97. The molecule has 9 nitrogen and oxygen atoms in total. The summed E-state index contributed by atoms with van der Waals surface area (Å²) in [6, 6.07) is 13.1. The van der Waals surface area contributed by atoms with Crippen molar-refractivity contribution in [3.8, 4) is 11.5 Å². The number of guanidine groups is 1. The first-order valence-corrected chi connectivity index (χ1v) is 8.23. The molecule has 0 unspecified atom stereocenters. The third kappa shape index (κ3) is 2.99. The summed E-state index contributed by atoms with van der Waals surface area (Å²) in [5.41, 5.74) is 13.7. The van der Waals surface area contributed by atoms with E-state index in [9.17, 15) is 4.79 Å². The third-order valence-corrected chi connectivity index (χ3v) is 4.20. The summed E-state index contributed by atoms with van der Waals surface area (Å²) in [7, 11) is 1.52. The third-order valence-electron chi connectivity index (χ3n) is 4.20. The largest absolute Gasteiger partial charge is 0.493 e. The number of nitrogens with zero attached hydrogens (tertiary/aromatic N) is 3. The predicted molar refractivity (Wildman–Crippen MR) is 101 cm³/mol. The van der Waals surface area contributed by atoms with Crippen LogP contribution in [0.5, 0.6) is 11.5 Å². The van der Waals surface area contributed by atoms with E-state index < -0.39 is 12.1 Å². The van der Waals surface area contributed by atoms with Crippen LogP contribution in [0, 0.1) is 0 Å². The summed E-state index contributed by atoms with van der Waals surface area (Å²) in [6.45, 7) is -0.232. The van der Waals surface area contributed by atoms with Gasteiger partial charge in [-0.1, -0.05) is 18.2 Å². The molecule has 0 fully saturated rings. The number of fused-ring (bicyclic) bond motifs is 3. The number of primary amides is 1. The maximum absolute atomic E-state index is 11.0. The van der Waals surface area contributed by atoms with Crippen molar-refractivity contribution in [2.45, 2.75) is 6.17 Å². The van der Waals surface area contributed by atoms with Crippen molar-refractivity contribution in [2.24, 2.45) is 16.5 Å². The number of nitrogens with two attached hydrogens (primary N) is 2. The van der Waals surface area contributed by atoms with E-state index in [1.165, 1.54) is 7.11 Å². The van der Waals surface area contributed by atoms with Crippen LogP contribution in [0.3, 0.4) is 0 Å². The minimum absolute atomic E-state index is 0.232. The summed E-state index contributed by atoms with van der Waals surface area (Å²) in [4.78, 5) is 20.1. The molecule has 0 saturated heterocycles. The minimum atomic E-state index is -0.564. The fourth-order valence-corrected chi connectivity index (χ4v) is 3.05. The minimum Gasteiger partial charge on any atom is -0.493 e. The number of ether oxygens (including phenoxy) is 2. The Morgan fingerprint density at radius 1 is 1.26 bits per heavy atom. The van der Waals surface area contributed by atoms with Gasteiger partial charge in [-0.25, -0.2) is 9.98 Å². The molecule has 0 spiro atoms. The molecule has 1 aliphatic heterocycles. The van der Waals surface area contributed by atoms with E-state index in [1.807, 2.05) is 34.9 Å². The fourth-order valence-electron chi connectivity index (χ4n) is 3.05. The second kappa shape index (κ2) is 6.52. The SMILES string of the molecule is COc1cc([C@H]2N=C(N)Nc3nc4ccccc4n32)ccc1OCC(N)=O. The number of anilines is 1. The molecule has 0 radical (unpaired) electrons. The Kier molecular flexibility index (Phi) is 4.03. The molecule has 0 aliphatic carbocycles. The number of methoxy groups -OCH3 is 1. The number of aromatic nitrogens is 2. The lowest BCUT2D eigenvalue weighted by atomic mass is 10.1. The first-order valence-electron chi connectivity index (χ1n) is 8.23. The number of aliphatic imine (C=N–C) groups is 1. The molecule has 3 aromatic rings. The quantitative estimate of drug-likeness (QED) is 0.622. The molecule has 1 aliphatic rings. The lowest BCUT2D eigenvalue weighted by Crippen LogP contribution is -2.31. The maximum Gasteiger partial charge on any atom is 0.255 e. The van der Waals surface area contributed by atoms with E-state index in [-0.39, 0.29) is 12.6 Å². The standard InChI is InChI=1S/C18H18N6O3/c1-26-14-8-10(6-7-13(14)27-9-15(19)25)16-22-17(20)23-18-21-11-4-2-3-5-12(11)24(16)18/h2-8,16H,9H2,1H3,(H2,19,25)(H3,20,21,22,23)/t16-/m0/s1. The molecular weight excluding hydrogens is 348 g/mol. The van der Waals surface area contributed by atoms with Gasteiger partial charge in [0.2, 0.25) is 5.95 Å². The van der Waals surface area contributed by atoms with Gasteiger partial charge in [0.1, 0.15) is 0 Å². The van der Waals surface area contributed by atoms with Gasteiger partial charge < -0.3 is 20.9 Å².